The number of hydrogen-bond acceptors (Lipinski definition) is 3. The summed E-state index contributed by atoms with van der Waals surface area (Å²) in [4.78, 5) is 13.6. The molecule has 1 rings (SSSR count). The number of anilines is 2. The van der Waals surface area contributed by atoms with E-state index in [0.29, 0.717) is 11.3 Å². The number of rotatable bonds is 3. The Morgan fingerprint density at radius 2 is 1.94 bits per heavy atom. The van der Waals surface area contributed by atoms with Gasteiger partial charge in [0.05, 0.1) is 5.56 Å². The van der Waals surface area contributed by atoms with Crippen LogP contribution in [-0.2, 0) is 0 Å². The molecule has 100 valence electrons. The van der Waals surface area contributed by atoms with E-state index in [9.17, 15) is 4.79 Å². The van der Waals surface area contributed by atoms with Crippen LogP contribution in [0.3, 0.4) is 0 Å². The average Bonchev–Trinajstić information content (AvgIpc) is 2.24. The lowest BCUT2D eigenvalue weighted by Crippen LogP contribution is -2.25. The normalized spacial score (nSPS) is 11.2. The third kappa shape index (κ3) is 3.95. The van der Waals surface area contributed by atoms with Crippen LogP contribution in [0.15, 0.2) is 18.2 Å². The van der Waals surface area contributed by atoms with Crippen LogP contribution in [0.2, 0.25) is 0 Å². The van der Waals surface area contributed by atoms with Crippen LogP contribution in [0.5, 0.6) is 0 Å². The fourth-order valence-electron chi connectivity index (χ4n) is 1.50. The van der Waals surface area contributed by atoms with Crippen LogP contribution < -0.4 is 11.1 Å². The molecule has 0 bridgehead atoms. The van der Waals surface area contributed by atoms with Crippen molar-refractivity contribution >= 4 is 17.3 Å². The quantitative estimate of drug-likeness (QED) is 0.809. The Hall–Kier alpha value is -1.71. The summed E-state index contributed by atoms with van der Waals surface area (Å²) in [5.41, 5.74) is 8.02. The molecule has 0 spiro atoms. The smallest absolute Gasteiger partial charge is 0.255 e. The van der Waals surface area contributed by atoms with Crippen LogP contribution in [-0.4, -0.2) is 31.4 Å². The van der Waals surface area contributed by atoms with Gasteiger partial charge in [0.15, 0.2) is 0 Å². The average molecular weight is 249 g/mol. The Morgan fingerprint density at radius 3 is 2.44 bits per heavy atom. The minimum atomic E-state index is -0.0218. The predicted molar refractivity (Wildman–Crippen MR) is 76.8 cm³/mol. The molecule has 1 aromatic rings. The van der Waals surface area contributed by atoms with E-state index < -0.39 is 0 Å². The van der Waals surface area contributed by atoms with E-state index in [1.165, 1.54) is 0 Å². The van der Waals surface area contributed by atoms with E-state index in [4.69, 9.17) is 5.73 Å². The molecule has 0 atom stereocenters. The molecular weight excluding hydrogens is 226 g/mol. The molecule has 4 nitrogen and oxygen atoms in total. The first kappa shape index (κ1) is 14.4. The van der Waals surface area contributed by atoms with E-state index in [0.717, 1.165) is 12.2 Å². The number of nitrogens with zero attached hydrogens (tertiary/aromatic N) is 1. The Morgan fingerprint density at radius 1 is 1.33 bits per heavy atom. The van der Waals surface area contributed by atoms with Crippen molar-refractivity contribution in [3.8, 4) is 0 Å². The van der Waals surface area contributed by atoms with Gasteiger partial charge in [0.25, 0.3) is 5.91 Å². The van der Waals surface area contributed by atoms with Crippen molar-refractivity contribution in [2.24, 2.45) is 5.41 Å². The number of amides is 1. The fraction of sp³-hybridized carbons (Fsp3) is 0.500. The molecule has 1 amide bonds. The topological polar surface area (TPSA) is 58.4 Å². The first-order valence-corrected chi connectivity index (χ1v) is 6.06. The molecule has 1 aromatic carbocycles. The Bertz CT molecular complexity index is 433. The molecule has 0 aliphatic rings. The van der Waals surface area contributed by atoms with Gasteiger partial charge in [-0.05, 0) is 23.6 Å². The van der Waals surface area contributed by atoms with Crippen molar-refractivity contribution in [3.63, 3.8) is 0 Å². The number of nitrogen functional groups attached to an aromatic ring is 1. The van der Waals surface area contributed by atoms with Crippen LogP contribution >= 0.6 is 0 Å². The maximum Gasteiger partial charge on any atom is 0.255 e. The zero-order chi connectivity index (χ0) is 13.9. The van der Waals surface area contributed by atoms with Gasteiger partial charge < -0.3 is 16.0 Å². The van der Waals surface area contributed by atoms with Crippen molar-refractivity contribution in [1.29, 1.82) is 0 Å². The maximum atomic E-state index is 12.0. The fourth-order valence-corrected chi connectivity index (χ4v) is 1.50. The zero-order valence-electron chi connectivity index (χ0n) is 11.9. The Kier molecular flexibility index (Phi) is 4.22. The molecule has 3 N–H and O–H groups in total. The second-order valence-corrected chi connectivity index (χ2v) is 5.92. The number of carbonyl (C=O) groups is 1. The molecular formula is C14H23N3O. The number of benzene rings is 1. The van der Waals surface area contributed by atoms with Gasteiger partial charge in [0.1, 0.15) is 0 Å². The largest absolute Gasteiger partial charge is 0.399 e. The van der Waals surface area contributed by atoms with Gasteiger partial charge in [-0.15, -0.1) is 0 Å². The summed E-state index contributed by atoms with van der Waals surface area (Å²) in [6.07, 6.45) is 0. The van der Waals surface area contributed by atoms with Gasteiger partial charge in [0.2, 0.25) is 0 Å². The van der Waals surface area contributed by atoms with Crippen LogP contribution in [0.25, 0.3) is 0 Å². The molecule has 0 aliphatic heterocycles. The third-order valence-corrected chi connectivity index (χ3v) is 2.49. The van der Waals surface area contributed by atoms with Crippen molar-refractivity contribution in [1.82, 2.24) is 4.90 Å². The van der Waals surface area contributed by atoms with Crippen LogP contribution in [0.1, 0.15) is 31.1 Å². The number of nitrogens with two attached hydrogens (primary N) is 1. The van der Waals surface area contributed by atoms with Gasteiger partial charge >= 0.3 is 0 Å². The molecule has 0 aliphatic carbocycles. The lowest BCUT2D eigenvalue weighted by atomic mass is 9.96. The van der Waals surface area contributed by atoms with Gasteiger partial charge in [-0.25, -0.2) is 0 Å². The van der Waals surface area contributed by atoms with E-state index in [1.54, 1.807) is 31.1 Å². The molecule has 4 heteroatoms. The standard InChI is InChI=1S/C14H23N3O/c1-14(2,3)9-16-12-8-10(15)6-7-11(12)13(18)17(4)5/h6-8,16H,9,15H2,1-5H3. The van der Waals surface area contributed by atoms with E-state index in [2.05, 4.69) is 26.1 Å². The molecule has 0 heterocycles. The summed E-state index contributed by atoms with van der Waals surface area (Å²) >= 11 is 0. The molecule has 0 saturated carbocycles. The van der Waals surface area contributed by atoms with Gasteiger partial charge in [-0.1, -0.05) is 20.8 Å². The Balaban J connectivity index is 3.01. The number of carbonyl (C=O) groups excluding carboxylic acids is 1. The summed E-state index contributed by atoms with van der Waals surface area (Å²) in [5, 5.41) is 3.30. The summed E-state index contributed by atoms with van der Waals surface area (Å²) < 4.78 is 0. The number of hydrogen-bond donors (Lipinski definition) is 2. The predicted octanol–water partition coefficient (Wildman–Crippen LogP) is 2.43. The third-order valence-electron chi connectivity index (χ3n) is 2.49. The summed E-state index contributed by atoms with van der Waals surface area (Å²) in [7, 11) is 3.48. The molecule has 0 unspecified atom stereocenters. The van der Waals surface area contributed by atoms with E-state index >= 15 is 0 Å². The van der Waals surface area contributed by atoms with Crippen molar-refractivity contribution < 1.29 is 4.79 Å². The minimum Gasteiger partial charge on any atom is -0.399 e. The van der Waals surface area contributed by atoms with Gasteiger partial charge in [0, 0.05) is 32.0 Å². The van der Waals surface area contributed by atoms with Crippen molar-refractivity contribution in [2.45, 2.75) is 20.8 Å². The van der Waals surface area contributed by atoms with Crippen LogP contribution in [0.4, 0.5) is 11.4 Å². The van der Waals surface area contributed by atoms with Gasteiger partial charge in [-0.2, -0.15) is 0 Å². The summed E-state index contributed by atoms with van der Waals surface area (Å²) in [5.74, 6) is -0.0218. The molecule has 0 saturated heterocycles. The number of nitrogens with one attached hydrogen (secondary N) is 1. The first-order valence-electron chi connectivity index (χ1n) is 6.06. The molecule has 0 aromatic heterocycles. The SMILES string of the molecule is CN(C)C(=O)c1ccc(N)cc1NCC(C)(C)C. The highest BCUT2D eigenvalue weighted by Crippen LogP contribution is 2.22. The molecule has 18 heavy (non-hydrogen) atoms. The van der Waals surface area contributed by atoms with Crippen molar-refractivity contribution in [3.05, 3.63) is 23.8 Å². The molecule has 0 radical (unpaired) electrons. The van der Waals surface area contributed by atoms with E-state index in [1.807, 2.05) is 6.07 Å². The second-order valence-electron chi connectivity index (χ2n) is 5.92. The highest BCUT2D eigenvalue weighted by Gasteiger charge is 2.16. The zero-order valence-corrected chi connectivity index (χ0v) is 11.9. The minimum absolute atomic E-state index is 0.0218. The molecule has 0 fully saturated rings. The monoisotopic (exact) mass is 249 g/mol. The highest BCUT2D eigenvalue weighted by atomic mass is 16.2. The van der Waals surface area contributed by atoms with Crippen LogP contribution in [0, 0.1) is 5.41 Å². The highest BCUT2D eigenvalue weighted by molar-refractivity contribution is 6.00. The first-order chi connectivity index (χ1) is 8.20. The Labute approximate surface area is 109 Å². The lowest BCUT2D eigenvalue weighted by molar-refractivity contribution is 0.0828. The van der Waals surface area contributed by atoms with Gasteiger partial charge in [-0.3, -0.25) is 4.79 Å². The summed E-state index contributed by atoms with van der Waals surface area (Å²) in [6, 6.07) is 5.32. The summed E-state index contributed by atoms with van der Waals surface area (Å²) in [6.45, 7) is 7.20. The second kappa shape index (κ2) is 5.29. The van der Waals surface area contributed by atoms with E-state index in [-0.39, 0.29) is 11.3 Å². The lowest BCUT2D eigenvalue weighted by Gasteiger charge is -2.22. The maximum absolute atomic E-state index is 12.0. The van der Waals surface area contributed by atoms with Crippen molar-refractivity contribution in [2.75, 3.05) is 31.7 Å².